The number of nitro groups is 1. The van der Waals surface area contributed by atoms with Crippen LogP contribution in [0.2, 0.25) is 5.02 Å². The van der Waals surface area contributed by atoms with Crippen LogP contribution in [0.3, 0.4) is 0 Å². The zero-order chi connectivity index (χ0) is 21.0. The third-order valence-corrected chi connectivity index (χ3v) is 4.33. The minimum absolute atomic E-state index is 0.157. The number of ether oxygens (including phenoxy) is 2. The van der Waals surface area contributed by atoms with Crippen LogP contribution in [-0.4, -0.2) is 40.3 Å². The molecule has 0 fully saturated rings. The van der Waals surface area contributed by atoms with Crippen molar-refractivity contribution in [2.45, 2.75) is 27.3 Å². The molecule has 0 atom stereocenters. The molecular formula is C17H19ClN4O6. The number of benzene rings is 1. The average Bonchev–Trinajstić information content (AvgIpc) is 2.89. The lowest BCUT2D eigenvalue weighted by atomic mass is 10.2. The van der Waals surface area contributed by atoms with Gasteiger partial charge in [0.2, 0.25) is 0 Å². The minimum atomic E-state index is -0.755. The standard InChI is InChI=1S/C17H19ClN4O6/c1-9-5-13(14(27-4)6-12(9)18)19-15(23)8-28-16(24)7-21-11(3)17(22(25)26)10(2)20-21/h5-6H,7-8H2,1-4H3,(H,19,23). The maximum atomic E-state index is 12.1. The number of amides is 1. The van der Waals surface area contributed by atoms with Crippen LogP contribution in [-0.2, 0) is 20.9 Å². The van der Waals surface area contributed by atoms with Crippen molar-refractivity contribution < 1.29 is 24.0 Å². The summed E-state index contributed by atoms with van der Waals surface area (Å²) in [5.41, 5.74) is 1.39. The van der Waals surface area contributed by atoms with Crippen molar-refractivity contribution in [2.75, 3.05) is 19.0 Å². The Morgan fingerprint density at radius 2 is 2.00 bits per heavy atom. The highest BCUT2D eigenvalue weighted by Crippen LogP contribution is 2.30. The predicted octanol–water partition coefficient (Wildman–Crippen LogP) is 2.56. The second kappa shape index (κ2) is 8.70. The molecule has 10 nitrogen and oxygen atoms in total. The molecule has 0 spiro atoms. The Kier molecular flexibility index (Phi) is 6.57. The van der Waals surface area contributed by atoms with Crippen LogP contribution < -0.4 is 10.1 Å². The molecule has 0 bridgehead atoms. The Balaban J connectivity index is 1.97. The van der Waals surface area contributed by atoms with Crippen molar-refractivity contribution >= 4 is 34.9 Å². The van der Waals surface area contributed by atoms with E-state index in [9.17, 15) is 19.7 Å². The van der Waals surface area contributed by atoms with E-state index >= 15 is 0 Å². The van der Waals surface area contributed by atoms with Gasteiger partial charge in [-0.1, -0.05) is 11.6 Å². The fourth-order valence-corrected chi connectivity index (χ4v) is 2.69. The van der Waals surface area contributed by atoms with Crippen molar-refractivity contribution in [3.05, 3.63) is 44.2 Å². The minimum Gasteiger partial charge on any atom is -0.495 e. The summed E-state index contributed by atoms with van der Waals surface area (Å²) in [6, 6.07) is 3.20. The van der Waals surface area contributed by atoms with Gasteiger partial charge >= 0.3 is 11.7 Å². The summed E-state index contributed by atoms with van der Waals surface area (Å²) in [6.45, 7) is 3.84. The molecule has 1 heterocycles. The fourth-order valence-electron chi connectivity index (χ4n) is 2.54. The molecule has 0 aliphatic carbocycles. The van der Waals surface area contributed by atoms with E-state index in [0.717, 1.165) is 5.56 Å². The van der Waals surface area contributed by atoms with Gasteiger partial charge in [-0.05, 0) is 32.4 Å². The molecule has 11 heteroatoms. The van der Waals surface area contributed by atoms with Gasteiger partial charge in [0.15, 0.2) is 6.61 Å². The number of carbonyl (C=O) groups excluding carboxylic acids is 2. The lowest BCUT2D eigenvalue weighted by molar-refractivity contribution is -0.386. The molecule has 2 rings (SSSR count). The van der Waals surface area contributed by atoms with Gasteiger partial charge in [-0.3, -0.25) is 24.4 Å². The number of halogens is 1. The van der Waals surface area contributed by atoms with E-state index in [1.165, 1.54) is 25.6 Å². The van der Waals surface area contributed by atoms with Crippen LogP contribution in [0.1, 0.15) is 17.0 Å². The number of carbonyl (C=O) groups is 2. The molecule has 0 saturated heterocycles. The number of hydrogen-bond donors (Lipinski definition) is 1. The number of rotatable bonds is 7. The highest BCUT2D eigenvalue weighted by molar-refractivity contribution is 6.31. The van der Waals surface area contributed by atoms with E-state index in [2.05, 4.69) is 10.4 Å². The topological polar surface area (TPSA) is 126 Å². The fraction of sp³-hybridized carbons (Fsp3) is 0.353. The summed E-state index contributed by atoms with van der Waals surface area (Å²) < 4.78 is 11.2. The van der Waals surface area contributed by atoms with Crippen LogP contribution >= 0.6 is 11.6 Å². The van der Waals surface area contributed by atoms with Crippen LogP contribution in [0.15, 0.2) is 12.1 Å². The number of hydrogen-bond acceptors (Lipinski definition) is 7. The third-order valence-electron chi connectivity index (χ3n) is 3.92. The summed E-state index contributed by atoms with van der Waals surface area (Å²) in [7, 11) is 1.43. The Morgan fingerprint density at radius 1 is 1.32 bits per heavy atom. The van der Waals surface area contributed by atoms with Crippen molar-refractivity contribution in [1.29, 1.82) is 0 Å². The van der Waals surface area contributed by atoms with Gasteiger partial charge < -0.3 is 14.8 Å². The number of aromatic nitrogens is 2. The SMILES string of the molecule is COc1cc(Cl)c(C)cc1NC(=O)COC(=O)Cn1nc(C)c([N+](=O)[O-])c1C. The highest BCUT2D eigenvalue weighted by atomic mass is 35.5. The molecule has 1 aromatic heterocycles. The van der Waals surface area contributed by atoms with E-state index in [4.69, 9.17) is 21.1 Å². The van der Waals surface area contributed by atoms with Gasteiger partial charge in [0.25, 0.3) is 5.91 Å². The molecule has 1 amide bonds. The van der Waals surface area contributed by atoms with Gasteiger partial charge in [-0.2, -0.15) is 5.10 Å². The summed E-state index contributed by atoms with van der Waals surface area (Å²) in [5, 5.41) is 18.0. The number of nitrogens with one attached hydrogen (secondary N) is 1. The molecule has 0 aliphatic heterocycles. The van der Waals surface area contributed by atoms with Crippen molar-refractivity contribution in [2.24, 2.45) is 0 Å². The molecule has 1 N–H and O–H groups in total. The van der Waals surface area contributed by atoms with Crippen LogP contribution in [0.5, 0.6) is 5.75 Å². The molecule has 0 aliphatic rings. The molecule has 150 valence electrons. The largest absolute Gasteiger partial charge is 0.495 e. The first-order valence-electron chi connectivity index (χ1n) is 8.12. The highest BCUT2D eigenvalue weighted by Gasteiger charge is 2.23. The van der Waals surface area contributed by atoms with Crippen LogP contribution in [0.4, 0.5) is 11.4 Å². The van der Waals surface area contributed by atoms with Crippen molar-refractivity contribution in [3.8, 4) is 5.75 Å². The second-order valence-corrected chi connectivity index (χ2v) is 6.35. The normalized spacial score (nSPS) is 10.5. The van der Waals surface area contributed by atoms with E-state index in [1.807, 2.05) is 0 Å². The molecule has 28 heavy (non-hydrogen) atoms. The van der Waals surface area contributed by atoms with Gasteiger partial charge in [0.05, 0.1) is 17.7 Å². The third kappa shape index (κ3) is 4.77. The molecule has 0 radical (unpaired) electrons. The zero-order valence-electron chi connectivity index (χ0n) is 15.7. The summed E-state index contributed by atoms with van der Waals surface area (Å²) in [6.07, 6.45) is 0. The number of aryl methyl sites for hydroxylation is 2. The smallest absolute Gasteiger partial charge is 0.328 e. The van der Waals surface area contributed by atoms with Crippen molar-refractivity contribution in [1.82, 2.24) is 9.78 Å². The molecule has 2 aromatic rings. The number of esters is 1. The van der Waals surface area contributed by atoms with E-state index in [-0.39, 0.29) is 23.6 Å². The zero-order valence-corrected chi connectivity index (χ0v) is 16.5. The predicted molar refractivity (Wildman–Crippen MR) is 101 cm³/mol. The molecule has 1 aromatic carbocycles. The quantitative estimate of drug-likeness (QED) is 0.422. The number of anilines is 1. The Labute approximate surface area is 165 Å². The maximum absolute atomic E-state index is 12.1. The van der Waals surface area contributed by atoms with Crippen LogP contribution in [0, 0.1) is 30.9 Å². The van der Waals surface area contributed by atoms with Gasteiger partial charge in [-0.25, -0.2) is 0 Å². The Morgan fingerprint density at radius 3 is 2.57 bits per heavy atom. The summed E-state index contributed by atoms with van der Waals surface area (Å²) in [5.74, 6) is -0.965. The lowest BCUT2D eigenvalue weighted by Crippen LogP contribution is -2.23. The first-order valence-corrected chi connectivity index (χ1v) is 8.49. The summed E-state index contributed by atoms with van der Waals surface area (Å²) >= 11 is 6.01. The van der Waals surface area contributed by atoms with Crippen molar-refractivity contribution in [3.63, 3.8) is 0 Å². The monoisotopic (exact) mass is 410 g/mol. The first kappa shape index (κ1) is 21.2. The van der Waals surface area contributed by atoms with E-state index < -0.39 is 23.4 Å². The Hall–Kier alpha value is -3.14. The lowest BCUT2D eigenvalue weighted by Gasteiger charge is -2.12. The molecule has 0 saturated carbocycles. The first-order chi connectivity index (χ1) is 13.1. The molecule has 0 unspecified atom stereocenters. The van der Waals surface area contributed by atoms with Gasteiger partial charge in [0, 0.05) is 11.1 Å². The van der Waals surface area contributed by atoms with E-state index in [0.29, 0.717) is 16.5 Å². The Bertz CT molecular complexity index is 940. The molecular weight excluding hydrogens is 392 g/mol. The van der Waals surface area contributed by atoms with Gasteiger partial charge in [0.1, 0.15) is 23.7 Å². The second-order valence-electron chi connectivity index (χ2n) is 5.94. The van der Waals surface area contributed by atoms with E-state index in [1.54, 1.807) is 19.1 Å². The number of nitrogens with zero attached hydrogens (tertiary/aromatic N) is 3. The summed E-state index contributed by atoms with van der Waals surface area (Å²) in [4.78, 5) is 34.4. The maximum Gasteiger partial charge on any atom is 0.328 e. The number of methoxy groups -OCH3 is 1. The average molecular weight is 411 g/mol. The van der Waals surface area contributed by atoms with Gasteiger partial charge in [-0.15, -0.1) is 0 Å². The van der Waals surface area contributed by atoms with Crippen LogP contribution in [0.25, 0.3) is 0 Å².